The number of carbonyl (C=O) groups excluding carboxylic acids is 1. The second kappa shape index (κ2) is 7.09. The van der Waals surface area contributed by atoms with E-state index in [1.54, 1.807) is 0 Å². The van der Waals surface area contributed by atoms with Crippen molar-refractivity contribution in [3.8, 4) is 0 Å². The van der Waals surface area contributed by atoms with Crippen LogP contribution in [0.3, 0.4) is 0 Å². The molecule has 5 nitrogen and oxygen atoms in total. The van der Waals surface area contributed by atoms with E-state index in [9.17, 15) is 4.79 Å². The third-order valence-electron chi connectivity index (χ3n) is 6.72. The highest BCUT2D eigenvalue weighted by Crippen LogP contribution is 2.47. The summed E-state index contributed by atoms with van der Waals surface area (Å²) in [4.78, 5) is 12.5. The Morgan fingerprint density at radius 2 is 1.44 bits per heavy atom. The number of methoxy groups -OCH3 is 1. The summed E-state index contributed by atoms with van der Waals surface area (Å²) in [5.41, 5.74) is 0.546. The van der Waals surface area contributed by atoms with Crippen molar-refractivity contribution in [1.29, 1.82) is 0 Å². The van der Waals surface area contributed by atoms with Gasteiger partial charge in [0.05, 0.1) is 12.7 Å². The number of rotatable bonds is 5. The SMILES string of the molecule is COC(=O)C1=C[C@@H]2O[C@@H]2[C@@H](O[Si](C)(C)C(C)(C)C)[C@@H]1O[Si](C)(C)C(C)(C)C. The second-order valence-electron chi connectivity index (χ2n) is 10.8. The minimum atomic E-state index is -2.14. The Bertz CT molecular complexity index is 613. The quantitative estimate of drug-likeness (QED) is 0.372. The van der Waals surface area contributed by atoms with Crippen molar-refractivity contribution in [3.05, 3.63) is 11.6 Å². The summed E-state index contributed by atoms with van der Waals surface area (Å²) < 4.78 is 24.4. The lowest BCUT2D eigenvalue weighted by Crippen LogP contribution is -2.56. The Kier molecular flexibility index (Phi) is 5.99. The predicted octanol–water partition coefficient (Wildman–Crippen LogP) is 4.65. The van der Waals surface area contributed by atoms with Crippen LogP contribution < -0.4 is 0 Å². The smallest absolute Gasteiger partial charge is 0.336 e. The molecule has 0 aromatic heterocycles. The normalized spacial score (nSPS) is 29.1. The molecule has 0 spiro atoms. The number of ether oxygens (including phenoxy) is 2. The van der Waals surface area contributed by atoms with Crippen LogP contribution in [0.15, 0.2) is 11.6 Å². The number of hydrogen-bond acceptors (Lipinski definition) is 5. The van der Waals surface area contributed by atoms with Crippen molar-refractivity contribution in [1.82, 2.24) is 0 Å². The van der Waals surface area contributed by atoms with Crippen molar-refractivity contribution in [2.45, 2.75) is 102 Å². The van der Waals surface area contributed by atoms with Gasteiger partial charge in [-0.3, -0.25) is 0 Å². The van der Waals surface area contributed by atoms with Crippen LogP contribution in [0.1, 0.15) is 41.5 Å². The molecule has 7 heteroatoms. The molecule has 0 N–H and O–H groups in total. The van der Waals surface area contributed by atoms with Gasteiger partial charge in [0.1, 0.15) is 24.4 Å². The lowest BCUT2D eigenvalue weighted by Gasteiger charge is -2.45. The summed E-state index contributed by atoms with van der Waals surface area (Å²) in [7, 11) is -2.79. The third-order valence-corrected chi connectivity index (χ3v) is 15.6. The largest absolute Gasteiger partial charge is 0.466 e. The first-order chi connectivity index (χ1) is 12.0. The maximum absolute atomic E-state index is 12.5. The molecular formula is C20H38O5Si2. The molecule has 0 bridgehead atoms. The summed E-state index contributed by atoms with van der Waals surface area (Å²) >= 11 is 0. The van der Waals surface area contributed by atoms with Gasteiger partial charge in [-0.05, 0) is 42.3 Å². The van der Waals surface area contributed by atoms with Crippen LogP contribution in [0, 0.1) is 0 Å². The molecule has 0 saturated carbocycles. The third kappa shape index (κ3) is 4.58. The van der Waals surface area contributed by atoms with Crippen molar-refractivity contribution in [2.75, 3.05) is 7.11 Å². The van der Waals surface area contributed by atoms with E-state index in [4.69, 9.17) is 18.3 Å². The molecule has 0 aromatic carbocycles. The summed E-state index contributed by atoms with van der Waals surface area (Å²) in [5.74, 6) is -0.350. The number of carbonyl (C=O) groups is 1. The van der Waals surface area contributed by atoms with Crippen LogP contribution in [0.4, 0.5) is 0 Å². The van der Waals surface area contributed by atoms with E-state index in [1.807, 2.05) is 6.08 Å². The van der Waals surface area contributed by atoms with Crippen LogP contribution >= 0.6 is 0 Å². The van der Waals surface area contributed by atoms with E-state index in [0.717, 1.165) is 0 Å². The molecule has 1 aliphatic heterocycles. The van der Waals surface area contributed by atoms with E-state index in [2.05, 4.69) is 67.7 Å². The minimum Gasteiger partial charge on any atom is -0.466 e. The van der Waals surface area contributed by atoms with Gasteiger partial charge < -0.3 is 18.3 Å². The van der Waals surface area contributed by atoms with Gasteiger partial charge in [-0.1, -0.05) is 41.5 Å². The summed E-state index contributed by atoms with van der Waals surface area (Å²) in [6.07, 6.45) is 1.04. The highest BCUT2D eigenvalue weighted by molar-refractivity contribution is 6.74. The van der Waals surface area contributed by atoms with Crippen LogP contribution in [0.2, 0.25) is 36.3 Å². The predicted molar refractivity (Wildman–Crippen MR) is 113 cm³/mol. The number of fused-ring (bicyclic) bond motifs is 1. The molecule has 2 aliphatic rings. The van der Waals surface area contributed by atoms with Gasteiger partial charge in [0.2, 0.25) is 0 Å². The zero-order valence-corrected chi connectivity index (χ0v) is 20.9. The molecular weight excluding hydrogens is 376 g/mol. The molecule has 4 atom stereocenters. The van der Waals surface area contributed by atoms with Crippen LogP contribution in [-0.4, -0.2) is 54.1 Å². The molecule has 27 heavy (non-hydrogen) atoms. The van der Waals surface area contributed by atoms with Gasteiger partial charge in [0.25, 0.3) is 0 Å². The average Bonchev–Trinajstić information content (AvgIpc) is 3.25. The standard InChI is InChI=1S/C20H38O5Si2/c1-19(2,3)26(8,9)24-15-13(18(21)22-7)12-14-16(23-14)17(15)25-27(10,11)20(4,5)6/h12,14-17H,1-11H3/t14-,15+,16-,17-/m0/s1. The first kappa shape index (κ1) is 22.8. The fourth-order valence-electron chi connectivity index (χ4n) is 2.73. The molecule has 2 rings (SSSR count). The first-order valence-electron chi connectivity index (χ1n) is 9.83. The summed E-state index contributed by atoms with van der Waals surface area (Å²) in [6.45, 7) is 22.1. The van der Waals surface area contributed by atoms with E-state index in [0.29, 0.717) is 5.57 Å². The molecule has 156 valence electrons. The lowest BCUT2D eigenvalue weighted by molar-refractivity contribution is -0.138. The van der Waals surface area contributed by atoms with Crippen molar-refractivity contribution in [3.63, 3.8) is 0 Å². The zero-order valence-electron chi connectivity index (χ0n) is 18.9. The van der Waals surface area contributed by atoms with E-state index >= 15 is 0 Å². The second-order valence-corrected chi connectivity index (χ2v) is 20.3. The summed E-state index contributed by atoms with van der Waals surface area (Å²) in [6, 6.07) is 0. The maximum Gasteiger partial charge on any atom is 0.336 e. The molecule has 1 fully saturated rings. The highest BCUT2D eigenvalue weighted by Gasteiger charge is 2.58. The van der Waals surface area contributed by atoms with Crippen LogP contribution in [0.5, 0.6) is 0 Å². The molecule has 1 heterocycles. The van der Waals surface area contributed by atoms with Crippen molar-refractivity contribution >= 4 is 22.6 Å². The fraction of sp³-hybridized carbons (Fsp3) is 0.850. The lowest BCUT2D eigenvalue weighted by atomic mass is 9.94. The van der Waals surface area contributed by atoms with Crippen molar-refractivity contribution in [2.24, 2.45) is 0 Å². The van der Waals surface area contributed by atoms with Crippen LogP contribution in [0.25, 0.3) is 0 Å². The fourth-order valence-corrected chi connectivity index (χ4v) is 5.27. The van der Waals surface area contributed by atoms with Gasteiger partial charge in [0, 0.05) is 0 Å². The molecule has 1 aliphatic carbocycles. The Hall–Kier alpha value is -0.476. The van der Waals surface area contributed by atoms with Gasteiger partial charge in [-0.2, -0.15) is 0 Å². The van der Waals surface area contributed by atoms with E-state index in [-0.39, 0.29) is 34.4 Å². The molecule has 0 unspecified atom stereocenters. The number of esters is 1. The Labute approximate surface area is 167 Å². The zero-order chi connectivity index (χ0) is 21.0. The van der Waals surface area contributed by atoms with Gasteiger partial charge in [-0.15, -0.1) is 0 Å². The number of hydrogen-bond donors (Lipinski definition) is 0. The molecule has 0 aromatic rings. The minimum absolute atomic E-state index is 0.0248. The average molecular weight is 415 g/mol. The maximum atomic E-state index is 12.5. The number of epoxide rings is 1. The first-order valence-corrected chi connectivity index (χ1v) is 15.6. The van der Waals surface area contributed by atoms with Gasteiger partial charge >= 0.3 is 5.97 Å². The Balaban J connectivity index is 2.41. The molecule has 0 amide bonds. The molecule has 1 saturated heterocycles. The van der Waals surface area contributed by atoms with Crippen LogP contribution in [-0.2, 0) is 23.1 Å². The van der Waals surface area contributed by atoms with Gasteiger partial charge in [0.15, 0.2) is 16.6 Å². The van der Waals surface area contributed by atoms with E-state index < -0.39 is 22.7 Å². The molecule has 0 radical (unpaired) electrons. The Morgan fingerprint density at radius 3 is 1.89 bits per heavy atom. The topological polar surface area (TPSA) is 57.3 Å². The highest BCUT2D eigenvalue weighted by atomic mass is 28.4. The Morgan fingerprint density at radius 1 is 0.963 bits per heavy atom. The monoisotopic (exact) mass is 414 g/mol. The van der Waals surface area contributed by atoms with E-state index in [1.165, 1.54) is 7.11 Å². The van der Waals surface area contributed by atoms with Crippen molar-refractivity contribution < 1.29 is 23.1 Å². The summed E-state index contributed by atoms with van der Waals surface area (Å²) in [5, 5.41) is 0.0858. The van der Waals surface area contributed by atoms with Gasteiger partial charge in [-0.25, -0.2) is 4.79 Å².